The van der Waals surface area contributed by atoms with Gasteiger partial charge in [0.2, 0.25) is 0 Å². The fourth-order valence-corrected chi connectivity index (χ4v) is 9.88. The highest BCUT2D eigenvalue weighted by Gasteiger charge is 2.24. The Kier molecular flexibility index (Phi) is 7.84. The number of rotatable bonds is 6. The highest BCUT2D eigenvalue weighted by atomic mass is 15.2. The van der Waals surface area contributed by atoms with Crippen molar-refractivity contribution >= 4 is 65.4 Å². The summed E-state index contributed by atoms with van der Waals surface area (Å²) < 4.78 is 7.14. The first-order valence-electron chi connectivity index (χ1n) is 21.4. The fourth-order valence-electron chi connectivity index (χ4n) is 9.88. The van der Waals surface area contributed by atoms with E-state index in [0.29, 0.717) is 5.82 Å². The normalized spacial score (nSPS) is 11.8. The van der Waals surface area contributed by atoms with Crippen LogP contribution in [0.2, 0.25) is 0 Å². The molecule has 0 aliphatic heterocycles. The number of para-hydroxylation sites is 4. The zero-order valence-electron chi connectivity index (χ0n) is 34.1. The highest BCUT2D eigenvalue weighted by Crippen LogP contribution is 2.43. The molecule has 13 aromatic rings. The Morgan fingerprint density at radius 3 is 1.22 bits per heavy atom. The molecular weight excluding hydrogens is 767 g/mol. The van der Waals surface area contributed by atoms with Crippen molar-refractivity contribution in [2.75, 3.05) is 0 Å². The molecule has 0 unspecified atom stereocenters. The molecule has 4 aromatic heterocycles. The largest absolute Gasteiger partial charge is 0.307 e. The Hall–Kier alpha value is -8.54. The van der Waals surface area contributed by atoms with Gasteiger partial charge in [0.25, 0.3) is 0 Å². The molecule has 0 radical (unpaired) electrons. The van der Waals surface area contributed by atoms with E-state index in [4.69, 9.17) is 9.97 Å². The minimum Gasteiger partial charge on any atom is -0.307 e. The zero-order valence-corrected chi connectivity index (χ0v) is 34.1. The third-order valence-corrected chi connectivity index (χ3v) is 12.6. The molecule has 0 aliphatic carbocycles. The molecule has 4 heterocycles. The van der Waals surface area contributed by atoms with Crippen molar-refractivity contribution in [3.63, 3.8) is 0 Å². The molecule has 0 saturated carbocycles. The van der Waals surface area contributed by atoms with Crippen LogP contribution in [-0.2, 0) is 0 Å². The summed E-state index contributed by atoms with van der Waals surface area (Å²) in [6.45, 7) is 0. The van der Waals surface area contributed by atoms with Gasteiger partial charge in [0.15, 0.2) is 5.82 Å². The van der Waals surface area contributed by atoms with Crippen molar-refractivity contribution in [1.82, 2.24) is 23.7 Å². The fraction of sp³-hybridized carbons (Fsp3) is 0. The molecule has 9 aromatic carbocycles. The second-order valence-corrected chi connectivity index (χ2v) is 16.2. The maximum Gasteiger partial charge on any atom is 0.163 e. The molecule has 0 aliphatic rings. The zero-order chi connectivity index (χ0) is 41.4. The summed E-state index contributed by atoms with van der Waals surface area (Å²) in [5.74, 6) is 2.23. The Morgan fingerprint density at radius 1 is 0.254 bits per heavy atom. The summed E-state index contributed by atoms with van der Waals surface area (Å²) in [4.78, 5) is 11.1. The maximum absolute atomic E-state index is 5.60. The standard InChI is InChI=1S/C58H37N5/c1-3-17-38(18-4-1)40-21-15-23-42(35-40)58-59-54(62-51-30-12-7-25-44(51)45-26-8-13-31-52(45)62)37-55(60-58)63-53-32-14-10-28-47(53)49-34-33-48-46-27-9-11-29-50(46)61(56(48)57(49)63)43-24-16-22-41(36-43)39-19-5-2-6-20-39/h1-37H. The van der Waals surface area contributed by atoms with Gasteiger partial charge in [0, 0.05) is 49.6 Å². The lowest BCUT2D eigenvalue weighted by molar-refractivity contribution is 0.994. The van der Waals surface area contributed by atoms with Crippen LogP contribution in [0.25, 0.3) is 116 Å². The van der Waals surface area contributed by atoms with Gasteiger partial charge in [-0.2, -0.15) is 0 Å². The predicted octanol–water partition coefficient (Wildman–Crippen LogP) is 14.8. The van der Waals surface area contributed by atoms with Crippen LogP contribution < -0.4 is 0 Å². The van der Waals surface area contributed by atoms with E-state index in [-0.39, 0.29) is 0 Å². The third-order valence-electron chi connectivity index (χ3n) is 12.6. The van der Waals surface area contributed by atoms with Crippen molar-refractivity contribution < 1.29 is 0 Å². The number of aromatic nitrogens is 5. The summed E-state index contributed by atoms with van der Waals surface area (Å²) in [7, 11) is 0. The second kappa shape index (κ2) is 14.0. The van der Waals surface area contributed by atoms with Crippen LogP contribution in [0.5, 0.6) is 0 Å². The van der Waals surface area contributed by atoms with Gasteiger partial charge in [-0.3, -0.25) is 9.13 Å². The second-order valence-electron chi connectivity index (χ2n) is 16.2. The van der Waals surface area contributed by atoms with E-state index in [1.165, 1.54) is 32.7 Å². The summed E-state index contributed by atoms with van der Waals surface area (Å²) >= 11 is 0. The molecule has 13 rings (SSSR count). The molecule has 0 amide bonds. The number of nitrogens with zero attached hydrogens (tertiary/aromatic N) is 5. The smallest absolute Gasteiger partial charge is 0.163 e. The lowest BCUT2D eigenvalue weighted by Crippen LogP contribution is -2.07. The molecule has 5 nitrogen and oxygen atoms in total. The van der Waals surface area contributed by atoms with Crippen LogP contribution in [0.3, 0.4) is 0 Å². The summed E-state index contributed by atoms with van der Waals surface area (Å²) in [6.07, 6.45) is 0. The van der Waals surface area contributed by atoms with Gasteiger partial charge in [0.1, 0.15) is 11.6 Å². The number of benzene rings is 9. The van der Waals surface area contributed by atoms with Gasteiger partial charge in [0.05, 0.1) is 33.1 Å². The Bertz CT molecular complexity index is 3860. The quantitative estimate of drug-likeness (QED) is 0.168. The third kappa shape index (κ3) is 5.50. The Morgan fingerprint density at radius 2 is 0.651 bits per heavy atom. The van der Waals surface area contributed by atoms with Gasteiger partial charge >= 0.3 is 0 Å². The lowest BCUT2D eigenvalue weighted by Gasteiger charge is -2.16. The molecule has 0 spiro atoms. The van der Waals surface area contributed by atoms with Gasteiger partial charge in [-0.1, -0.05) is 176 Å². The van der Waals surface area contributed by atoms with Crippen molar-refractivity contribution in [2.24, 2.45) is 0 Å². The minimum absolute atomic E-state index is 0.649. The van der Waals surface area contributed by atoms with E-state index in [2.05, 4.69) is 238 Å². The molecular formula is C58H37N5. The van der Waals surface area contributed by atoms with Crippen LogP contribution in [0.4, 0.5) is 0 Å². The Labute approximate surface area is 363 Å². The molecule has 0 atom stereocenters. The predicted molar refractivity (Wildman–Crippen MR) is 261 cm³/mol. The molecule has 5 heteroatoms. The number of fused-ring (bicyclic) bond motifs is 10. The molecule has 0 N–H and O–H groups in total. The van der Waals surface area contributed by atoms with Crippen LogP contribution in [0.1, 0.15) is 0 Å². The molecule has 294 valence electrons. The van der Waals surface area contributed by atoms with E-state index in [1.54, 1.807) is 0 Å². The van der Waals surface area contributed by atoms with Crippen molar-refractivity contribution in [1.29, 1.82) is 0 Å². The van der Waals surface area contributed by atoms with E-state index in [9.17, 15) is 0 Å². The molecule has 0 bridgehead atoms. The van der Waals surface area contributed by atoms with E-state index < -0.39 is 0 Å². The number of hydrogen-bond acceptors (Lipinski definition) is 2. The van der Waals surface area contributed by atoms with Crippen LogP contribution in [-0.4, -0.2) is 23.7 Å². The van der Waals surface area contributed by atoms with E-state index >= 15 is 0 Å². The summed E-state index contributed by atoms with van der Waals surface area (Å²) in [6, 6.07) is 80.2. The summed E-state index contributed by atoms with van der Waals surface area (Å²) in [5.41, 5.74) is 13.3. The minimum atomic E-state index is 0.649. The molecule has 63 heavy (non-hydrogen) atoms. The van der Waals surface area contributed by atoms with Gasteiger partial charge in [-0.05, 0) is 64.7 Å². The molecule has 0 fully saturated rings. The van der Waals surface area contributed by atoms with Crippen molar-refractivity contribution in [3.05, 3.63) is 224 Å². The lowest BCUT2D eigenvalue weighted by atomic mass is 10.0. The first-order valence-corrected chi connectivity index (χ1v) is 21.4. The first-order chi connectivity index (χ1) is 31.3. The number of hydrogen-bond donors (Lipinski definition) is 0. The van der Waals surface area contributed by atoms with Gasteiger partial charge in [-0.25, -0.2) is 9.97 Å². The van der Waals surface area contributed by atoms with Crippen molar-refractivity contribution in [2.45, 2.75) is 0 Å². The Balaban J connectivity index is 1.16. The summed E-state index contributed by atoms with van der Waals surface area (Å²) in [5, 5.41) is 7.06. The average molecular weight is 804 g/mol. The monoisotopic (exact) mass is 803 g/mol. The first kappa shape index (κ1) is 35.2. The van der Waals surface area contributed by atoms with Gasteiger partial charge in [-0.15, -0.1) is 0 Å². The molecule has 0 saturated heterocycles. The topological polar surface area (TPSA) is 40.6 Å². The van der Waals surface area contributed by atoms with Crippen molar-refractivity contribution in [3.8, 4) is 51.0 Å². The SMILES string of the molecule is c1ccc(-c2cccc(-c3nc(-n4c5ccccc5c5ccccc54)cc(-n4c5ccccc5c5ccc6c7ccccc7n(-c7cccc(-c8ccccc8)c7)c6c54)n3)c2)cc1. The van der Waals surface area contributed by atoms with Crippen LogP contribution in [0, 0.1) is 0 Å². The van der Waals surface area contributed by atoms with E-state index in [1.807, 2.05) is 0 Å². The van der Waals surface area contributed by atoms with Crippen LogP contribution in [0.15, 0.2) is 224 Å². The van der Waals surface area contributed by atoms with E-state index in [0.717, 1.165) is 77.9 Å². The maximum atomic E-state index is 5.60. The van der Waals surface area contributed by atoms with Crippen LogP contribution >= 0.6 is 0 Å². The average Bonchev–Trinajstić information content (AvgIpc) is 4.01. The highest BCUT2D eigenvalue weighted by molar-refractivity contribution is 6.24. The van der Waals surface area contributed by atoms with Gasteiger partial charge < -0.3 is 4.57 Å².